The van der Waals surface area contributed by atoms with Crippen molar-refractivity contribution >= 4 is 17.6 Å². The van der Waals surface area contributed by atoms with Crippen LogP contribution in [0.1, 0.15) is 25.3 Å². The Kier molecular flexibility index (Phi) is 4.11. The average Bonchev–Trinajstić information content (AvgIpc) is 2.34. The molecule has 1 saturated heterocycles. The van der Waals surface area contributed by atoms with Gasteiger partial charge in [0, 0.05) is 18.1 Å². The van der Waals surface area contributed by atoms with Crippen LogP contribution in [-0.4, -0.2) is 29.1 Å². The fourth-order valence-corrected chi connectivity index (χ4v) is 2.74. The summed E-state index contributed by atoms with van der Waals surface area (Å²) in [7, 11) is 0. The van der Waals surface area contributed by atoms with Crippen LogP contribution < -0.4 is 0 Å². The first-order chi connectivity index (χ1) is 8.90. The number of rotatable bonds is 3. The Morgan fingerprint density at radius 2 is 2.32 bits per heavy atom. The molecule has 0 saturated carbocycles. The minimum absolute atomic E-state index is 0.322. The maximum Gasteiger partial charge on any atom is 0.310 e. The fourth-order valence-electron chi connectivity index (χ4n) is 2.56. The molecule has 0 amide bonds. The Bertz CT molecular complexity index is 494. The fraction of sp³-hybridized carbons (Fsp3) is 0.500. The number of benzene rings is 1. The van der Waals surface area contributed by atoms with Crippen molar-refractivity contribution in [1.82, 2.24) is 4.90 Å². The second-order valence-electron chi connectivity index (χ2n) is 5.42. The van der Waals surface area contributed by atoms with E-state index < -0.39 is 11.4 Å². The number of aliphatic carboxylic acids is 1. The number of hydrogen-bond acceptors (Lipinski definition) is 2. The van der Waals surface area contributed by atoms with Gasteiger partial charge in [-0.15, -0.1) is 0 Å². The maximum absolute atomic E-state index is 13.2. The van der Waals surface area contributed by atoms with Crippen molar-refractivity contribution in [3.63, 3.8) is 0 Å². The minimum Gasteiger partial charge on any atom is -0.481 e. The van der Waals surface area contributed by atoms with E-state index in [1.165, 1.54) is 18.2 Å². The SMILES string of the molecule is CC1(C(=O)O)CCCN(Cc2cc(F)ccc2Cl)C1. The van der Waals surface area contributed by atoms with Gasteiger partial charge in [0.1, 0.15) is 5.82 Å². The first-order valence-electron chi connectivity index (χ1n) is 6.30. The summed E-state index contributed by atoms with van der Waals surface area (Å²) < 4.78 is 13.2. The molecule has 0 aliphatic carbocycles. The van der Waals surface area contributed by atoms with Gasteiger partial charge in [0.15, 0.2) is 0 Å². The number of carboxylic acid groups (broad SMARTS) is 1. The van der Waals surface area contributed by atoms with Crippen LogP contribution in [0.25, 0.3) is 0 Å². The lowest BCUT2D eigenvalue weighted by atomic mass is 9.82. The van der Waals surface area contributed by atoms with Gasteiger partial charge in [0.05, 0.1) is 5.41 Å². The van der Waals surface area contributed by atoms with E-state index in [4.69, 9.17) is 11.6 Å². The summed E-state index contributed by atoms with van der Waals surface area (Å²) in [5.74, 6) is -1.10. The van der Waals surface area contributed by atoms with Crippen molar-refractivity contribution in [1.29, 1.82) is 0 Å². The summed E-state index contributed by atoms with van der Waals surface area (Å²) >= 11 is 6.04. The van der Waals surface area contributed by atoms with Crippen LogP contribution in [0.4, 0.5) is 4.39 Å². The van der Waals surface area contributed by atoms with Crippen LogP contribution in [0.15, 0.2) is 18.2 Å². The molecule has 0 spiro atoms. The van der Waals surface area contributed by atoms with Crippen molar-refractivity contribution in [2.75, 3.05) is 13.1 Å². The zero-order valence-electron chi connectivity index (χ0n) is 10.8. The van der Waals surface area contributed by atoms with Gasteiger partial charge in [-0.3, -0.25) is 9.69 Å². The molecule has 2 rings (SSSR count). The van der Waals surface area contributed by atoms with Gasteiger partial charge in [0.2, 0.25) is 0 Å². The van der Waals surface area contributed by atoms with E-state index in [9.17, 15) is 14.3 Å². The van der Waals surface area contributed by atoms with Crippen molar-refractivity contribution in [3.05, 3.63) is 34.6 Å². The van der Waals surface area contributed by atoms with E-state index >= 15 is 0 Å². The number of halogens is 2. The van der Waals surface area contributed by atoms with Crippen molar-refractivity contribution in [3.8, 4) is 0 Å². The van der Waals surface area contributed by atoms with Gasteiger partial charge in [-0.1, -0.05) is 11.6 Å². The highest BCUT2D eigenvalue weighted by atomic mass is 35.5. The standard InChI is InChI=1S/C14H17ClFNO2/c1-14(13(18)19)5-2-6-17(9-14)8-10-7-11(16)3-4-12(10)15/h3-4,7H,2,5-6,8-9H2,1H3,(H,18,19). The van der Waals surface area contributed by atoms with Gasteiger partial charge >= 0.3 is 5.97 Å². The van der Waals surface area contributed by atoms with Crippen LogP contribution in [0, 0.1) is 11.2 Å². The third kappa shape index (κ3) is 3.25. The number of likely N-dealkylation sites (tertiary alicyclic amines) is 1. The Morgan fingerprint density at radius 3 is 3.00 bits per heavy atom. The smallest absolute Gasteiger partial charge is 0.310 e. The summed E-state index contributed by atoms with van der Waals surface area (Å²) in [6.45, 7) is 3.53. The topological polar surface area (TPSA) is 40.5 Å². The molecule has 104 valence electrons. The maximum atomic E-state index is 13.2. The summed E-state index contributed by atoms with van der Waals surface area (Å²) in [6.07, 6.45) is 1.51. The number of hydrogen-bond donors (Lipinski definition) is 1. The van der Waals surface area contributed by atoms with Crippen molar-refractivity contribution < 1.29 is 14.3 Å². The molecule has 0 radical (unpaired) electrons. The molecule has 19 heavy (non-hydrogen) atoms. The van der Waals surface area contributed by atoms with Gasteiger partial charge in [0.25, 0.3) is 0 Å². The lowest BCUT2D eigenvalue weighted by Crippen LogP contribution is -2.45. The molecule has 1 unspecified atom stereocenters. The molecule has 1 aromatic carbocycles. The molecule has 3 nitrogen and oxygen atoms in total. The number of piperidine rings is 1. The summed E-state index contributed by atoms with van der Waals surface area (Å²) in [4.78, 5) is 13.3. The lowest BCUT2D eigenvalue weighted by Gasteiger charge is -2.37. The molecule has 0 aromatic heterocycles. The van der Waals surface area contributed by atoms with Gasteiger partial charge in [-0.2, -0.15) is 0 Å². The molecule has 1 aromatic rings. The van der Waals surface area contributed by atoms with Crippen molar-refractivity contribution in [2.45, 2.75) is 26.3 Å². The molecule has 1 N–H and O–H groups in total. The second kappa shape index (κ2) is 5.47. The van der Waals surface area contributed by atoms with Crippen LogP contribution in [0.2, 0.25) is 5.02 Å². The molecule has 5 heteroatoms. The van der Waals surface area contributed by atoms with E-state index in [0.29, 0.717) is 30.1 Å². The molecule has 0 bridgehead atoms. The summed E-state index contributed by atoms with van der Waals surface area (Å²) in [5, 5.41) is 9.78. The zero-order valence-corrected chi connectivity index (χ0v) is 11.6. The van der Waals surface area contributed by atoms with E-state index in [1.807, 2.05) is 4.90 Å². The third-order valence-electron chi connectivity index (χ3n) is 3.69. The van der Waals surface area contributed by atoms with Crippen LogP contribution in [0.5, 0.6) is 0 Å². The van der Waals surface area contributed by atoms with Crippen LogP contribution >= 0.6 is 11.6 Å². The lowest BCUT2D eigenvalue weighted by molar-refractivity contribution is -0.151. The Morgan fingerprint density at radius 1 is 1.58 bits per heavy atom. The zero-order chi connectivity index (χ0) is 14.0. The van der Waals surface area contributed by atoms with E-state index in [-0.39, 0.29) is 5.82 Å². The average molecular weight is 286 g/mol. The van der Waals surface area contributed by atoms with Gasteiger partial charge in [-0.05, 0) is 50.1 Å². The number of nitrogens with zero attached hydrogens (tertiary/aromatic N) is 1. The highest BCUT2D eigenvalue weighted by Crippen LogP contribution is 2.31. The third-order valence-corrected chi connectivity index (χ3v) is 4.06. The molecule has 1 aliphatic heterocycles. The van der Waals surface area contributed by atoms with Gasteiger partial charge < -0.3 is 5.11 Å². The number of carboxylic acids is 1. The predicted octanol–water partition coefficient (Wildman–Crippen LogP) is 3.17. The number of carbonyl (C=O) groups is 1. The molecule has 1 heterocycles. The second-order valence-corrected chi connectivity index (χ2v) is 5.82. The quantitative estimate of drug-likeness (QED) is 0.927. The molecule has 1 fully saturated rings. The highest BCUT2D eigenvalue weighted by molar-refractivity contribution is 6.31. The van der Waals surface area contributed by atoms with Gasteiger partial charge in [-0.25, -0.2) is 4.39 Å². The molecular weight excluding hydrogens is 269 g/mol. The normalized spacial score (nSPS) is 24.4. The molecular formula is C14H17ClFNO2. The van der Waals surface area contributed by atoms with Crippen LogP contribution in [0.3, 0.4) is 0 Å². The Hall–Kier alpha value is -1.13. The van der Waals surface area contributed by atoms with Crippen LogP contribution in [-0.2, 0) is 11.3 Å². The minimum atomic E-state index is -0.775. The summed E-state index contributed by atoms with van der Waals surface area (Å²) in [5.41, 5.74) is -0.0192. The largest absolute Gasteiger partial charge is 0.481 e. The highest BCUT2D eigenvalue weighted by Gasteiger charge is 2.37. The van der Waals surface area contributed by atoms with E-state index in [2.05, 4.69) is 0 Å². The first kappa shape index (κ1) is 14.3. The Balaban J connectivity index is 2.11. The van der Waals surface area contributed by atoms with Crippen molar-refractivity contribution in [2.24, 2.45) is 5.41 Å². The first-order valence-corrected chi connectivity index (χ1v) is 6.68. The van der Waals surface area contributed by atoms with E-state index in [1.54, 1.807) is 6.92 Å². The monoisotopic (exact) mass is 285 g/mol. The Labute approximate surface area is 117 Å². The summed E-state index contributed by atoms with van der Waals surface area (Å²) in [6, 6.07) is 4.27. The predicted molar refractivity (Wildman–Crippen MR) is 71.7 cm³/mol. The van der Waals surface area contributed by atoms with E-state index in [0.717, 1.165) is 13.0 Å². The molecule has 1 atom stereocenters. The molecule has 1 aliphatic rings.